The Labute approximate surface area is 114 Å². The zero-order valence-electron chi connectivity index (χ0n) is 11.1. The van der Waals surface area contributed by atoms with Gasteiger partial charge in [-0.05, 0) is 19.1 Å². The summed E-state index contributed by atoms with van der Waals surface area (Å²) in [7, 11) is -0.148. The van der Waals surface area contributed by atoms with E-state index in [1.807, 2.05) is 19.1 Å². The van der Waals surface area contributed by atoms with E-state index in [0.29, 0.717) is 4.90 Å². The first kappa shape index (κ1) is 15.4. The van der Waals surface area contributed by atoms with Gasteiger partial charge in [0.05, 0.1) is 23.7 Å². The molecule has 0 aromatic heterocycles. The number of hydrogen-bond acceptors (Lipinski definition) is 4. The molecule has 1 aromatic carbocycles. The van der Waals surface area contributed by atoms with Gasteiger partial charge < -0.3 is 10.1 Å². The van der Waals surface area contributed by atoms with Crippen LogP contribution in [0.4, 0.5) is 0 Å². The predicted molar refractivity (Wildman–Crippen MR) is 72.1 cm³/mol. The normalized spacial score (nSPS) is 13.4. The summed E-state index contributed by atoms with van der Waals surface area (Å²) >= 11 is 0. The number of carbonyl (C=O) groups excluding carboxylic acids is 2. The van der Waals surface area contributed by atoms with E-state index < -0.39 is 22.8 Å². The van der Waals surface area contributed by atoms with Gasteiger partial charge in [0.1, 0.15) is 6.04 Å². The van der Waals surface area contributed by atoms with Crippen LogP contribution in [0.5, 0.6) is 0 Å². The summed E-state index contributed by atoms with van der Waals surface area (Å²) in [6.07, 6.45) is 0. The van der Waals surface area contributed by atoms with Crippen LogP contribution in [-0.4, -0.2) is 35.0 Å². The Morgan fingerprint density at radius 2 is 1.89 bits per heavy atom. The molecule has 6 heteroatoms. The van der Waals surface area contributed by atoms with Crippen molar-refractivity contribution >= 4 is 22.7 Å². The predicted octanol–water partition coefficient (Wildman–Crippen LogP) is 0.780. The Balaban J connectivity index is 2.78. The van der Waals surface area contributed by atoms with Crippen LogP contribution in [0.15, 0.2) is 29.2 Å². The summed E-state index contributed by atoms with van der Waals surface area (Å²) < 4.78 is 16.7. The average molecular weight is 283 g/mol. The highest BCUT2D eigenvalue weighted by atomic mass is 32.2. The van der Waals surface area contributed by atoms with E-state index in [9.17, 15) is 13.8 Å². The van der Waals surface area contributed by atoms with E-state index >= 15 is 0 Å². The van der Waals surface area contributed by atoms with Crippen molar-refractivity contribution in [2.45, 2.75) is 24.8 Å². The van der Waals surface area contributed by atoms with Crippen LogP contribution in [0.2, 0.25) is 0 Å². The van der Waals surface area contributed by atoms with Crippen molar-refractivity contribution in [3.05, 3.63) is 29.8 Å². The third-order valence-electron chi connectivity index (χ3n) is 2.47. The lowest BCUT2D eigenvalue weighted by atomic mass is 10.2. The number of aryl methyl sites for hydroxylation is 1. The second-order valence-corrected chi connectivity index (χ2v) is 5.60. The first-order valence-electron chi connectivity index (χ1n) is 5.74. The molecule has 0 radical (unpaired) electrons. The summed E-state index contributed by atoms with van der Waals surface area (Å²) in [5.74, 6) is -0.970. The number of nitrogens with one attached hydrogen (secondary N) is 1. The molecule has 19 heavy (non-hydrogen) atoms. The third kappa shape index (κ3) is 4.82. The average Bonchev–Trinajstić information content (AvgIpc) is 2.37. The molecule has 0 heterocycles. The number of methoxy groups -OCH3 is 1. The molecule has 0 aliphatic rings. The van der Waals surface area contributed by atoms with Crippen LogP contribution in [0.3, 0.4) is 0 Å². The lowest BCUT2D eigenvalue weighted by Gasteiger charge is -2.15. The number of amides is 1. The first-order valence-corrected chi connectivity index (χ1v) is 7.06. The van der Waals surface area contributed by atoms with E-state index in [1.165, 1.54) is 14.0 Å². The lowest BCUT2D eigenvalue weighted by molar-refractivity contribution is -0.144. The maximum atomic E-state index is 12.1. The van der Waals surface area contributed by atoms with Crippen molar-refractivity contribution in [3.8, 4) is 0 Å². The highest BCUT2D eigenvalue weighted by Gasteiger charge is 2.23. The van der Waals surface area contributed by atoms with Crippen LogP contribution in [0.1, 0.15) is 12.5 Å². The SMILES string of the molecule is COC(=O)C(CS(=O)c1ccc(C)cc1)NC(C)=O. The van der Waals surface area contributed by atoms with Gasteiger partial charge in [-0.3, -0.25) is 9.00 Å². The molecule has 2 unspecified atom stereocenters. The summed E-state index contributed by atoms with van der Waals surface area (Å²) in [6, 6.07) is 6.28. The zero-order chi connectivity index (χ0) is 14.4. The first-order chi connectivity index (χ1) is 8.93. The Morgan fingerprint density at radius 1 is 1.32 bits per heavy atom. The van der Waals surface area contributed by atoms with Gasteiger partial charge >= 0.3 is 5.97 Å². The molecule has 0 saturated heterocycles. The molecule has 104 valence electrons. The minimum Gasteiger partial charge on any atom is -0.467 e. The van der Waals surface area contributed by atoms with Crippen molar-refractivity contribution in [2.24, 2.45) is 0 Å². The Kier molecular flexibility index (Phi) is 5.69. The topological polar surface area (TPSA) is 72.5 Å². The minimum absolute atomic E-state index is 0.00465. The van der Waals surface area contributed by atoms with Gasteiger partial charge in [-0.15, -0.1) is 0 Å². The van der Waals surface area contributed by atoms with Crippen LogP contribution in [0, 0.1) is 6.92 Å². The molecule has 1 amide bonds. The maximum absolute atomic E-state index is 12.1. The molecule has 5 nitrogen and oxygen atoms in total. The molecule has 0 saturated carbocycles. The molecule has 0 aliphatic carbocycles. The Bertz CT molecular complexity index is 484. The van der Waals surface area contributed by atoms with Crippen molar-refractivity contribution in [3.63, 3.8) is 0 Å². The van der Waals surface area contributed by atoms with E-state index in [4.69, 9.17) is 0 Å². The fraction of sp³-hybridized carbons (Fsp3) is 0.385. The van der Waals surface area contributed by atoms with Crippen molar-refractivity contribution in [1.29, 1.82) is 0 Å². The van der Waals surface area contributed by atoms with Gasteiger partial charge in [-0.1, -0.05) is 17.7 Å². The number of esters is 1. The molecule has 0 bridgehead atoms. The van der Waals surface area contributed by atoms with E-state index in [0.717, 1.165) is 5.56 Å². The smallest absolute Gasteiger partial charge is 0.329 e. The number of carbonyl (C=O) groups is 2. The van der Waals surface area contributed by atoms with Crippen LogP contribution < -0.4 is 5.32 Å². The van der Waals surface area contributed by atoms with Gasteiger partial charge in [0.2, 0.25) is 5.91 Å². The fourth-order valence-electron chi connectivity index (χ4n) is 1.49. The molecule has 2 atom stereocenters. The van der Waals surface area contributed by atoms with Gasteiger partial charge in [-0.2, -0.15) is 0 Å². The molecule has 1 N–H and O–H groups in total. The van der Waals surface area contributed by atoms with Crippen molar-refractivity contribution < 1.29 is 18.5 Å². The summed E-state index contributed by atoms with van der Waals surface area (Å²) in [5.41, 5.74) is 1.06. The van der Waals surface area contributed by atoms with Gasteiger partial charge in [0.15, 0.2) is 0 Å². The molecule has 1 rings (SSSR count). The largest absolute Gasteiger partial charge is 0.467 e. The summed E-state index contributed by atoms with van der Waals surface area (Å²) in [5, 5.41) is 2.44. The van der Waals surface area contributed by atoms with Gasteiger partial charge in [0.25, 0.3) is 0 Å². The molecule has 0 spiro atoms. The van der Waals surface area contributed by atoms with Gasteiger partial charge in [0, 0.05) is 11.8 Å². The minimum atomic E-state index is -1.38. The second kappa shape index (κ2) is 7.04. The van der Waals surface area contributed by atoms with Crippen LogP contribution in [0.25, 0.3) is 0 Å². The maximum Gasteiger partial charge on any atom is 0.329 e. The number of hydrogen-bond donors (Lipinski definition) is 1. The van der Waals surface area contributed by atoms with Crippen molar-refractivity contribution in [1.82, 2.24) is 5.32 Å². The fourth-order valence-corrected chi connectivity index (χ4v) is 2.65. The second-order valence-electron chi connectivity index (χ2n) is 4.10. The highest BCUT2D eigenvalue weighted by Crippen LogP contribution is 2.09. The highest BCUT2D eigenvalue weighted by molar-refractivity contribution is 7.85. The molecular weight excluding hydrogens is 266 g/mol. The number of rotatable bonds is 5. The zero-order valence-corrected chi connectivity index (χ0v) is 12.0. The standard InChI is InChI=1S/C13H17NO4S/c1-9-4-6-11(7-5-9)19(17)8-12(13(16)18-3)14-10(2)15/h4-7,12H,8H2,1-3H3,(H,14,15). The van der Waals surface area contributed by atoms with E-state index in [1.54, 1.807) is 12.1 Å². The summed E-state index contributed by atoms with van der Waals surface area (Å²) in [6.45, 7) is 3.23. The lowest BCUT2D eigenvalue weighted by Crippen LogP contribution is -2.44. The summed E-state index contributed by atoms with van der Waals surface area (Å²) in [4.78, 5) is 23.1. The monoisotopic (exact) mass is 283 g/mol. The third-order valence-corrected chi connectivity index (χ3v) is 3.90. The van der Waals surface area contributed by atoms with Crippen molar-refractivity contribution in [2.75, 3.05) is 12.9 Å². The number of ether oxygens (including phenoxy) is 1. The van der Waals surface area contributed by atoms with E-state index in [2.05, 4.69) is 10.1 Å². The number of benzene rings is 1. The molecule has 1 aromatic rings. The van der Waals surface area contributed by atoms with Gasteiger partial charge in [-0.25, -0.2) is 4.79 Å². The Morgan fingerprint density at radius 3 is 2.37 bits per heavy atom. The van der Waals surface area contributed by atoms with Crippen LogP contribution >= 0.6 is 0 Å². The quantitative estimate of drug-likeness (QED) is 0.811. The molecule has 0 fully saturated rings. The molecule has 0 aliphatic heterocycles. The molecular formula is C13H17NO4S. The van der Waals surface area contributed by atoms with Crippen LogP contribution in [-0.2, 0) is 25.1 Å². The van der Waals surface area contributed by atoms with E-state index in [-0.39, 0.29) is 11.7 Å². The Hall–Kier alpha value is -1.69.